The first kappa shape index (κ1) is 15.9. The van der Waals surface area contributed by atoms with E-state index in [0.29, 0.717) is 0 Å². The van der Waals surface area contributed by atoms with Gasteiger partial charge in [-0.1, -0.05) is 48.7 Å². The highest BCUT2D eigenvalue weighted by atomic mass is 35.6. The molecule has 0 aliphatic carbocycles. The van der Waals surface area contributed by atoms with Gasteiger partial charge in [-0.05, 0) is 0 Å². The van der Waals surface area contributed by atoms with E-state index in [1.54, 1.807) is 0 Å². The zero-order chi connectivity index (χ0) is 7.58. The highest BCUT2D eigenvalue weighted by Gasteiger charge is 1.78. The molecule has 1 nitrogen and oxygen atoms in total. The van der Waals surface area contributed by atoms with Crippen LogP contribution in [0.1, 0.15) is 13.8 Å². The molecule has 0 aromatic carbocycles. The van der Waals surface area contributed by atoms with Crippen LogP contribution in [-0.4, -0.2) is 16.5 Å². The van der Waals surface area contributed by atoms with Crippen LogP contribution in [0.3, 0.4) is 0 Å². The Hall–Kier alpha value is 0.830. The Morgan fingerprint density at radius 3 is 1.00 bits per heavy atom. The minimum absolute atomic E-state index is 0.750. The van der Waals surface area contributed by atoms with Gasteiger partial charge in [-0.25, -0.2) is 0 Å². The monoisotopic (exact) mass is 180 g/mol. The summed E-state index contributed by atoms with van der Waals surface area (Å²) in [4.78, 5) is 0. The molecule has 0 unspecified atom stereocenters. The van der Waals surface area contributed by atoms with E-state index in [0.717, 1.165) is 7.11 Å². The third kappa shape index (κ3) is 337. The van der Waals surface area contributed by atoms with Crippen molar-refractivity contribution in [2.24, 2.45) is 0 Å². The Balaban J connectivity index is -0.0000000542. The summed E-state index contributed by atoms with van der Waals surface area (Å²) in [6, 6.07) is 0. The van der Waals surface area contributed by atoms with E-state index in [-0.39, 0.29) is 0 Å². The summed E-state index contributed by atoms with van der Waals surface area (Å²) in [7, 11) is 1.00. The SMILES string of the molecule is CC.CO.ClC(Cl)Cl. The smallest absolute Gasteiger partial charge is 0.180 e. The molecule has 0 fully saturated rings. The number of rotatable bonds is 0. The molecule has 0 rings (SSSR count). The lowest BCUT2D eigenvalue weighted by Gasteiger charge is -1.69. The first-order valence-electron chi connectivity index (χ1n) is 2.10. The minimum atomic E-state index is -0.750. The fraction of sp³-hybridized carbons (Fsp3) is 1.00. The number of hydrogen-bond acceptors (Lipinski definition) is 1. The van der Waals surface area contributed by atoms with Crippen molar-refractivity contribution in [1.29, 1.82) is 0 Å². The van der Waals surface area contributed by atoms with Gasteiger partial charge in [0.15, 0.2) is 4.30 Å². The van der Waals surface area contributed by atoms with Crippen LogP contribution in [0.2, 0.25) is 0 Å². The highest BCUT2D eigenvalue weighted by molar-refractivity contribution is 6.63. The van der Waals surface area contributed by atoms with Gasteiger partial charge < -0.3 is 5.11 Å². The molecule has 4 heteroatoms. The predicted molar refractivity (Wildman–Crippen MR) is 40.8 cm³/mol. The van der Waals surface area contributed by atoms with E-state index >= 15 is 0 Å². The fourth-order valence-electron chi connectivity index (χ4n) is 0. The summed E-state index contributed by atoms with van der Waals surface area (Å²) in [6.45, 7) is 4.00. The summed E-state index contributed by atoms with van der Waals surface area (Å²) < 4.78 is -0.750. The zero-order valence-corrected chi connectivity index (χ0v) is 7.43. The average Bonchev–Trinajstić information content (AvgIpc) is 1.75. The van der Waals surface area contributed by atoms with Crippen LogP contribution in [0.5, 0.6) is 0 Å². The first-order chi connectivity index (χ1) is 3.73. The molecule has 0 aromatic heterocycles. The van der Waals surface area contributed by atoms with Crippen molar-refractivity contribution in [1.82, 2.24) is 0 Å². The summed E-state index contributed by atoms with van der Waals surface area (Å²) >= 11 is 14.4. The zero-order valence-electron chi connectivity index (χ0n) is 5.16. The predicted octanol–water partition coefficient (Wildman–Crippen LogP) is 2.62. The maximum Gasteiger partial charge on any atom is 0.180 e. The van der Waals surface area contributed by atoms with E-state index < -0.39 is 4.30 Å². The van der Waals surface area contributed by atoms with Crippen molar-refractivity contribution in [3.8, 4) is 0 Å². The van der Waals surface area contributed by atoms with Crippen LogP contribution in [-0.2, 0) is 0 Å². The van der Waals surface area contributed by atoms with E-state index in [1.165, 1.54) is 0 Å². The highest BCUT2D eigenvalue weighted by Crippen LogP contribution is 2.03. The normalized spacial score (nSPS) is 6.00. The van der Waals surface area contributed by atoms with Crippen molar-refractivity contribution in [2.75, 3.05) is 7.11 Å². The van der Waals surface area contributed by atoms with Gasteiger partial charge in [0, 0.05) is 7.11 Å². The maximum atomic E-state index is 7.00. The van der Waals surface area contributed by atoms with Crippen molar-refractivity contribution >= 4 is 34.8 Å². The van der Waals surface area contributed by atoms with Crippen molar-refractivity contribution in [3.63, 3.8) is 0 Å². The second-order valence-corrected chi connectivity index (χ2v) is 2.23. The Morgan fingerprint density at radius 1 is 1.00 bits per heavy atom. The molecule has 0 aliphatic heterocycles. The van der Waals surface area contributed by atoms with Gasteiger partial charge in [-0.15, -0.1) is 0 Å². The van der Waals surface area contributed by atoms with Gasteiger partial charge in [0.2, 0.25) is 0 Å². The average molecular weight is 181 g/mol. The summed E-state index contributed by atoms with van der Waals surface area (Å²) in [5.74, 6) is 0. The lowest BCUT2D eigenvalue weighted by molar-refractivity contribution is 0.399. The number of aliphatic hydroxyl groups is 1. The molecule has 0 radical (unpaired) electrons. The molecule has 0 saturated heterocycles. The van der Waals surface area contributed by atoms with Crippen LogP contribution in [0.15, 0.2) is 0 Å². The fourth-order valence-corrected chi connectivity index (χ4v) is 0. The number of alkyl halides is 3. The lowest BCUT2D eigenvalue weighted by atomic mass is 11.0. The van der Waals surface area contributed by atoms with Crippen molar-refractivity contribution in [2.45, 2.75) is 18.1 Å². The topological polar surface area (TPSA) is 20.2 Å². The molecule has 0 aromatic rings. The molecule has 0 amide bonds. The first-order valence-corrected chi connectivity index (χ1v) is 3.41. The van der Waals surface area contributed by atoms with E-state index in [2.05, 4.69) is 0 Å². The van der Waals surface area contributed by atoms with Crippen molar-refractivity contribution in [3.05, 3.63) is 0 Å². The minimum Gasteiger partial charge on any atom is -0.400 e. The van der Waals surface area contributed by atoms with Gasteiger partial charge in [0.25, 0.3) is 0 Å². The Morgan fingerprint density at radius 2 is 1.00 bits per heavy atom. The van der Waals surface area contributed by atoms with Gasteiger partial charge in [0.1, 0.15) is 0 Å². The van der Waals surface area contributed by atoms with Gasteiger partial charge >= 0.3 is 0 Å². The van der Waals surface area contributed by atoms with E-state index in [1.807, 2.05) is 13.8 Å². The standard InChI is InChI=1S/C2H6.CHCl3.CH4O/c1-2;2-1(3)4;1-2/h1-2H3;1H;2H,1H3. The van der Waals surface area contributed by atoms with Crippen LogP contribution < -0.4 is 0 Å². The largest absolute Gasteiger partial charge is 0.400 e. The molecule has 54 valence electrons. The van der Waals surface area contributed by atoms with Gasteiger partial charge in [-0.3, -0.25) is 0 Å². The van der Waals surface area contributed by atoms with Crippen LogP contribution in [0, 0.1) is 0 Å². The van der Waals surface area contributed by atoms with Gasteiger partial charge in [0.05, 0.1) is 0 Å². The number of halogens is 3. The molecule has 0 atom stereocenters. The Labute approximate surface area is 65.5 Å². The second kappa shape index (κ2) is 24.9. The molecule has 0 heterocycles. The van der Waals surface area contributed by atoms with Crippen LogP contribution in [0.4, 0.5) is 0 Å². The van der Waals surface area contributed by atoms with Crippen LogP contribution in [0.25, 0.3) is 0 Å². The molecular formula is C4H11Cl3O. The molecule has 0 aliphatic rings. The quantitative estimate of drug-likeness (QED) is 0.570. The Kier molecular flexibility index (Phi) is 49.6. The third-order valence-corrected chi connectivity index (χ3v) is 0. The molecule has 0 spiro atoms. The van der Waals surface area contributed by atoms with Crippen LogP contribution >= 0.6 is 34.8 Å². The van der Waals surface area contributed by atoms with E-state index in [4.69, 9.17) is 39.9 Å². The Bertz CT molecular complexity index is 16.0. The third-order valence-electron chi connectivity index (χ3n) is 0. The molecule has 0 bridgehead atoms. The summed E-state index contributed by atoms with van der Waals surface area (Å²) in [5, 5.41) is 7.00. The molecule has 8 heavy (non-hydrogen) atoms. The maximum absolute atomic E-state index is 7.00. The summed E-state index contributed by atoms with van der Waals surface area (Å²) in [5.41, 5.74) is 0. The molecule has 1 N–H and O–H groups in total. The van der Waals surface area contributed by atoms with Crippen molar-refractivity contribution < 1.29 is 5.11 Å². The number of hydrogen-bond donors (Lipinski definition) is 1. The molecule has 0 saturated carbocycles. The molecular weight excluding hydrogens is 170 g/mol. The van der Waals surface area contributed by atoms with Gasteiger partial charge in [-0.2, -0.15) is 0 Å². The summed E-state index contributed by atoms with van der Waals surface area (Å²) in [6.07, 6.45) is 0. The number of aliphatic hydroxyl groups excluding tert-OH is 1. The van der Waals surface area contributed by atoms with E-state index in [9.17, 15) is 0 Å². The lowest BCUT2D eigenvalue weighted by Crippen LogP contribution is -1.55. The second-order valence-electron chi connectivity index (χ2n) is 0.247.